The van der Waals surface area contributed by atoms with E-state index in [9.17, 15) is 4.79 Å². The van der Waals surface area contributed by atoms with Gasteiger partial charge in [0.15, 0.2) is 0 Å². The summed E-state index contributed by atoms with van der Waals surface area (Å²) < 4.78 is 0. The number of piperidine rings is 1. The first-order chi connectivity index (χ1) is 7.70. The Kier molecular flexibility index (Phi) is 3.22. The van der Waals surface area contributed by atoms with Gasteiger partial charge in [-0.2, -0.15) is 0 Å². The van der Waals surface area contributed by atoms with Crippen LogP contribution in [0, 0.1) is 6.92 Å². The van der Waals surface area contributed by atoms with Gasteiger partial charge in [0.1, 0.15) is 0 Å². The largest absolute Gasteiger partial charge is 0.336 e. The SMILES string of the molecule is CC(=O)N1CCCC[C@@H]1c1cccnc1C. The lowest BCUT2D eigenvalue weighted by molar-refractivity contribution is -0.132. The molecule has 1 atom stereocenters. The van der Waals surface area contributed by atoms with Crippen molar-refractivity contribution in [1.82, 2.24) is 9.88 Å². The average molecular weight is 218 g/mol. The van der Waals surface area contributed by atoms with Crippen molar-refractivity contribution in [2.75, 3.05) is 6.54 Å². The second-order valence-electron chi connectivity index (χ2n) is 4.40. The fourth-order valence-electron chi connectivity index (χ4n) is 2.48. The molecule has 0 aliphatic carbocycles. The molecule has 1 fully saturated rings. The van der Waals surface area contributed by atoms with E-state index in [4.69, 9.17) is 0 Å². The molecule has 0 spiro atoms. The number of pyridine rings is 1. The summed E-state index contributed by atoms with van der Waals surface area (Å²) in [6.07, 6.45) is 5.18. The van der Waals surface area contributed by atoms with Gasteiger partial charge in [-0.1, -0.05) is 6.07 Å². The molecule has 0 saturated carbocycles. The molecule has 2 heterocycles. The number of aryl methyl sites for hydroxylation is 1. The highest BCUT2D eigenvalue weighted by atomic mass is 16.2. The highest BCUT2D eigenvalue weighted by Gasteiger charge is 2.26. The lowest BCUT2D eigenvalue weighted by Gasteiger charge is -2.35. The zero-order valence-electron chi connectivity index (χ0n) is 9.94. The van der Waals surface area contributed by atoms with Gasteiger partial charge in [-0.25, -0.2) is 0 Å². The van der Waals surface area contributed by atoms with E-state index in [2.05, 4.69) is 11.1 Å². The Hall–Kier alpha value is -1.38. The van der Waals surface area contributed by atoms with Gasteiger partial charge in [0.05, 0.1) is 6.04 Å². The molecule has 1 aromatic heterocycles. The second kappa shape index (κ2) is 4.64. The summed E-state index contributed by atoms with van der Waals surface area (Å²) in [5.74, 6) is 0.174. The Labute approximate surface area is 96.5 Å². The van der Waals surface area contributed by atoms with Gasteiger partial charge in [0.25, 0.3) is 0 Å². The maximum atomic E-state index is 11.6. The molecule has 0 N–H and O–H groups in total. The fraction of sp³-hybridized carbons (Fsp3) is 0.538. The molecule has 1 saturated heterocycles. The molecule has 2 rings (SSSR count). The zero-order chi connectivity index (χ0) is 11.5. The van der Waals surface area contributed by atoms with Crippen LogP contribution in [0.25, 0.3) is 0 Å². The van der Waals surface area contributed by atoms with Crippen LogP contribution in [0.3, 0.4) is 0 Å². The first-order valence-corrected chi connectivity index (χ1v) is 5.89. The standard InChI is InChI=1S/C13H18N2O/c1-10-12(6-5-8-14-10)13-7-3-4-9-15(13)11(2)16/h5-6,8,13H,3-4,7,9H2,1-2H3/t13-/m1/s1. The lowest BCUT2D eigenvalue weighted by atomic mass is 9.94. The van der Waals surface area contributed by atoms with Crippen molar-refractivity contribution in [2.45, 2.75) is 39.2 Å². The van der Waals surface area contributed by atoms with Crippen LogP contribution < -0.4 is 0 Å². The monoisotopic (exact) mass is 218 g/mol. The second-order valence-corrected chi connectivity index (χ2v) is 4.40. The van der Waals surface area contributed by atoms with Gasteiger partial charge in [-0.15, -0.1) is 0 Å². The first kappa shape index (κ1) is 11.1. The van der Waals surface area contributed by atoms with Crippen LogP contribution in [-0.2, 0) is 4.79 Å². The molecule has 3 nitrogen and oxygen atoms in total. The normalized spacial score (nSPS) is 20.9. The van der Waals surface area contributed by atoms with Crippen molar-refractivity contribution in [3.8, 4) is 0 Å². The maximum Gasteiger partial charge on any atom is 0.219 e. The Morgan fingerprint density at radius 3 is 3.00 bits per heavy atom. The van der Waals surface area contributed by atoms with Crippen molar-refractivity contribution in [3.63, 3.8) is 0 Å². The summed E-state index contributed by atoms with van der Waals surface area (Å²) in [6, 6.07) is 4.28. The highest BCUT2D eigenvalue weighted by molar-refractivity contribution is 5.74. The van der Waals surface area contributed by atoms with Gasteiger partial charge >= 0.3 is 0 Å². The van der Waals surface area contributed by atoms with E-state index in [1.807, 2.05) is 17.9 Å². The minimum absolute atomic E-state index is 0.174. The van der Waals surface area contributed by atoms with Crippen LogP contribution in [0.2, 0.25) is 0 Å². The van der Waals surface area contributed by atoms with Crippen LogP contribution in [0.15, 0.2) is 18.3 Å². The molecule has 86 valence electrons. The lowest BCUT2D eigenvalue weighted by Crippen LogP contribution is -2.37. The molecular weight excluding hydrogens is 200 g/mol. The zero-order valence-corrected chi connectivity index (χ0v) is 9.94. The summed E-state index contributed by atoms with van der Waals surface area (Å²) in [6.45, 7) is 4.56. The molecule has 0 radical (unpaired) electrons. The minimum atomic E-state index is 0.174. The van der Waals surface area contributed by atoms with Crippen molar-refractivity contribution < 1.29 is 4.79 Å². The molecule has 3 heteroatoms. The van der Waals surface area contributed by atoms with E-state index in [1.54, 1.807) is 13.1 Å². The number of likely N-dealkylation sites (tertiary alicyclic amines) is 1. The molecule has 0 aromatic carbocycles. The van der Waals surface area contributed by atoms with E-state index in [0.29, 0.717) is 0 Å². The van der Waals surface area contributed by atoms with E-state index in [-0.39, 0.29) is 11.9 Å². The van der Waals surface area contributed by atoms with Crippen molar-refractivity contribution >= 4 is 5.91 Å². The van der Waals surface area contributed by atoms with E-state index >= 15 is 0 Å². The van der Waals surface area contributed by atoms with Crippen molar-refractivity contribution in [1.29, 1.82) is 0 Å². The van der Waals surface area contributed by atoms with Crippen LogP contribution in [0.1, 0.15) is 43.5 Å². The van der Waals surface area contributed by atoms with Crippen LogP contribution >= 0.6 is 0 Å². The van der Waals surface area contributed by atoms with Crippen LogP contribution in [0.5, 0.6) is 0 Å². The molecule has 16 heavy (non-hydrogen) atoms. The van der Waals surface area contributed by atoms with Crippen LogP contribution in [-0.4, -0.2) is 22.3 Å². The fourth-order valence-corrected chi connectivity index (χ4v) is 2.48. The predicted molar refractivity (Wildman–Crippen MR) is 63.0 cm³/mol. The van der Waals surface area contributed by atoms with Crippen molar-refractivity contribution in [3.05, 3.63) is 29.6 Å². The molecule has 0 bridgehead atoms. The van der Waals surface area contributed by atoms with Gasteiger partial charge in [-0.05, 0) is 37.8 Å². The third kappa shape index (κ3) is 2.08. The molecule has 0 unspecified atom stereocenters. The highest BCUT2D eigenvalue weighted by Crippen LogP contribution is 2.31. The number of hydrogen-bond acceptors (Lipinski definition) is 2. The Bertz CT molecular complexity index is 389. The van der Waals surface area contributed by atoms with Crippen LogP contribution in [0.4, 0.5) is 0 Å². The smallest absolute Gasteiger partial charge is 0.219 e. The van der Waals surface area contributed by atoms with E-state index in [1.165, 1.54) is 12.0 Å². The Morgan fingerprint density at radius 1 is 1.50 bits per heavy atom. The third-order valence-electron chi connectivity index (χ3n) is 3.31. The number of aromatic nitrogens is 1. The summed E-state index contributed by atoms with van der Waals surface area (Å²) in [4.78, 5) is 17.9. The number of carbonyl (C=O) groups is 1. The minimum Gasteiger partial charge on any atom is -0.336 e. The summed E-state index contributed by atoms with van der Waals surface area (Å²) >= 11 is 0. The topological polar surface area (TPSA) is 33.2 Å². The Morgan fingerprint density at radius 2 is 2.31 bits per heavy atom. The first-order valence-electron chi connectivity index (χ1n) is 5.89. The number of rotatable bonds is 1. The van der Waals surface area contributed by atoms with Gasteiger partial charge in [-0.3, -0.25) is 9.78 Å². The third-order valence-corrected chi connectivity index (χ3v) is 3.31. The Balaban J connectivity index is 2.30. The van der Waals surface area contributed by atoms with Crippen molar-refractivity contribution in [2.24, 2.45) is 0 Å². The molecule has 1 amide bonds. The number of amides is 1. The average Bonchev–Trinajstić information content (AvgIpc) is 2.29. The molecule has 1 aliphatic rings. The summed E-state index contributed by atoms with van der Waals surface area (Å²) in [5, 5.41) is 0. The molecule has 1 aromatic rings. The number of hydrogen-bond donors (Lipinski definition) is 0. The molecule has 1 aliphatic heterocycles. The number of nitrogens with zero attached hydrogens (tertiary/aromatic N) is 2. The van der Waals surface area contributed by atoms with Gasteiger partial charge in [0, 0.05) is 25.4 Å². The maximum absolute atomic E-state index is 11.6. The predicted octanol–water partition coefficient (Wildman–Crippen LogP) is 2.46. The van der Waals surface area contributed by atoms with E-state index < -0.39 is 0 Å². The molecular formula is C13H18N2O. The van der Waals surface area contributed by atoms with Gasteiger partial charge < -0.3 is 4.90 Å². The number of carbonyl (C=O) groups excluding carboxylic acids is 1. The summed E-state index contributed by atoms with van der Waals surface area (Å²) in [7, 11) is 0. The van der Waals surface area contributed by atoms with E-state index in [0.717, 1.165) is 25.1 Å². The summed E-state index contributed by atoms with van der Waals surface area (Å²) in [5.41, 5.74) is 2.25. The van der Waals surface area contributed by atoms with Gasteiger partial charge in [0.2, 0.25) is 5.91 Å². The quantitative estimate of drug-likeness (QED) is 0.725.